The van der Waals surface area contributed by atoms with Crippen LogP contribution in [0.2, 0.25) is 10.0 Å². The number of ether oxygens (including phenoxy) is 1. The van der Waals surface area contributed by atoms with E-state index in [1.165, 1.54) is 0 Å². The molecule has 4 heteroatoms. The quantitative estimate of drug-likeness (QED) is 0.725. The maximum absolute atomic E-state index is 12.1. The Hall–Kier alpha value is -1.51. The number of carbonyl (C=O) groups is 1. The molecule has 0 N–H and O–H groups in total. The van der Waals surface area contributed by atoms with Gasteiger partial charge in [-0.05, 0) is 61.7 Å². The minimum absolute atomic E-state index is 0.0261. The minimum Gasteiger partial charge on any atom is -0.485 e. The largest absolute Gasteiger partial charge is 0.485 e. The lowest BCUT2D eigenvalue weighted by molar-refractivity contribution is 0.0921. The van der Waals surface area contributed by atoms with E-state index in [2.05, 4.69) is 6.07 Å². The highest BCUT2D eigenvalue weighted by molar-refractivity contribution is 6.42. The van der Waals surface area contributed by atoms with E-state index < -0.39 is 0 Å². The maximum Gasteiger partial charge on any atom is 0.200 e. The molecule has 0 aliphatic carbocycles. The zero-order valence-electron chi connectivity index (χ0n) is 12.2. The Balaban J connectivity index is 2.12. The number of hydrogen-bond acceptors (Lipinski definition) is 2. The fourth-order valence-electron chi connectivity index (χ4n) is 2.05. The number of benzene rings is 2. The van der Waals surface area contributed by atoms with E-state index in [0.717, 1.165) is 22.4 Å². The maximum atomic E-state index is 12.1. The third-order valence-electron chi connectivity index (χ3n) is 3.36. The van der Waals surface area contributed by atoms with Crippen molar-refractivity contribution in [2.75, 3.05) is 6.61 Å². The van der Waals surface area contributed by atoms with Gasteiger partial charge in [-0.1, -0.05) is 29.3 Å². The summed E-state index contributed by atoms with van der Waals surface area (Å²) >= 11 is 11.8. The third-order valence-corrected chi connectivity index (χ3v) is 4.10. The Morgan fingerprint density at radius 1 is 1.05 bits per heavy atom. The minimum atomic E-state index is -0.132. The normalized spacial score (nSPS) is 10.5. The summed E-state index contributed by atoms with van der Waals surface area (Å²) in [5.74, 6) is 0.605. The number of ketones is 1. The van der Waals surface area contributed by atoms with E-state index in [9.17, 15) is 4.79 Å². The average Bonchev–Trinajstić information content (AvgIpc) is 2.43. The molecule has 2 rings (SSSR count). The molecule has 0 unspecified atom stereocenters. The van der Waals surface area contributed by atoms with Gasteiger partial charge in [-0.25, -0.2) is 0 Å². The number of Topliss-reactive ketones (excluding diaryl/α,β-unsaturated/α-hetero) is 1. The molecule has 0 aliphatic rings. The molecular weight excluding hydrogens is 307 g/mol. The Morgan fingerprint density at radius 2 is 1.76 bits per heavy atom. The number of aryl methyl sites for hydroxylation is 2. The van der Waals surface area contributed by atoms with Gasteiger partial charge in [-0.2, -0.15) is 0 Å². The van der Waals surface area contributed by atoms with Gasteiger partial charge in [0.2, 0.25) is 0 Å². The van der Waals surface area contributed by atoms with E-state index in [1.807, 2.05) is 26.8 Å². The molecule has 110 valence electrons. The van der Waals surface area contributed by atoms with Crippen molar-refractivity contribution in [3.63, 3.8) is 0 Å². The van der Waals surface area contributed by atoms with Gasteiger partial charge >= 0.3 is 0 Å². The summed E-state index contributed by atoms with van der Waals surface area (Å²) < 4.78 is 5.66. The van der Waals surface area contributed by atoms with Crippen LogP contribution in [0.1, 0.15) is 27.0 Å². The van der Waals surface area contributed by atoms with Crippen LogP contribution in [-0.4, -0.2) is 12.4 Å². The van der Waals surface area contributed by atoms with Crippen LogP contribution < -0.4 is 4.74 Å². The summed E-state index contributed by atoms with van der Waals surface area (Å²) in [5.41, 5.74) is 3.79. The first kappa shape index (κ1) is 15.9. The molecule has 0 radical (unpaired) electrons. The van der Waals surface area contributed by atoms with Crippen molar-refractivity contribution >= 4 is 29.0 Å². The van der Waals surface area contributed by atoms with Crippen LogP contribution in [-0.2, 0) is 0 Å². The van der Waals surface area contributed by atoms with Gasteiger partial charge in [-0.3, -0.25) is 4.79 Å². The van der Waals surface area contributed by atoms with E-state index >= 15 is 0 Å². The molecule has 0 saturated carbocycles. The zero-order valence-corrected chi connectivity index (χ0v) is 13.7. The highest BCUT2D eigenvalue weighted by Gasteiger charge is 2.11. The molecule has 2 nitrogen and oxygen atoms in total. The van der Waals surface area contributed by atoms with E-state index in [-0.39, 0.29) is 12.4 Å². The van der Waals surface area contributed by atoms with Crippen molar-refractivity contribution in [2.24, 2.45) is 0 Å². The summed E-state index contributed by atoms with van der Waals surface area (Å²) in [6.07, 6.45) is 0. The molecule has 0 aromatic heterocycles. The first-order valence-corrected chi connectivity index (χ1v) is 7.33. The molecule has 0 amide bonds. The molecule has 0 spiro atoms. The summed E-state index contributed by atoms with van der Waals surface area (Å²) in [5, 5.41) is 0.796. The first-order valence-electron chi connectivity index (χ1n) is 6.57. The number of rotatable bonds is 4. The molecule has 0 heterocycles. The number of carbonyl (C=O) groups excluding carboxylic acids is 1. The van der Waals surface area contributed by atoms with Crippen molar-refractivity contribution in [3.05, 3.63) is 62.6 Å². The Kier molecular flexibility index (Phi) is 4.92. The second kappa shape index (κ2) is 6.50. The predicted octanol–water partition coefficient (Wildman–Crippen LogP) is 5.18. The van der Waals surface area contributed by atoms with Crippen LogP contribution in [0, 0.1) is 20.8 Å². The van der Waals surface area contributed by atoms with Crippen molar-refractivity contribution in [1.82, 2.24) is 0 Å². The SMILES string of the molecule is Cc1cc(C)c(C)c(OCC(=O)c2ccc(Cl)c(Cl)c2)c1. The van der Waals surface area contributed by atoms with Gasteiger partial charge in [0.1, 0.15) is 5.75 Å². The fraction of sp³-hybridized carbons (Fsp3) is 0.235. The summed E-state index contributed by atoms with van der Waals surface area (Å²) in [6, 6.07) is 8.84. The van der Waals surface area contributed by atoms with Crippen LogP contribution in [0.15, 0.2) is 30.3 Å². The standard InChI is InChI=1S/C17H16Cl2O2/c1-10-6-11(2)12(3)17(7-10)21-9-16(20)13-4-5-14(18)15(19)8-13/h4-8H,9H2,1-3H3. The van der Waals surface area contributed by atoms with Crippen molar-refractivity contribution in [3.8, 4) is 5.75 Å². The van der Waals surface area contributed by atoms with Crippen LogP contribution >= 0.6 is 23.2 Å². The molecule has 2 aromatic carbocycles. The smallest absolute Gasteiger partial charge is 0.200 e. The summed E-state index contributed by atoms with van der Waals surface area (Å²) in [6.45, 7) is 5.98. The van der Waals surface area contributed by atoms with Gasteiger partial charge in [-0.15, -0.1) is 0 Å². The first-order chi connectivity index (χ1) is 9.88. The number of hydrogen-bond donors (Lipinski definition) is 0. The molecule has 0 fully saturated rings. The summed E-state index contributed by atoms with van der Waals surface area (Å²) in [4.78, 5) is 12.1. The topological polar surface area (TPSA) is 26.3 Å². The highest BCUT2D eigenvalue weighted by Crippen LogP contribution is 2.25. The highest BCUT2D eigenvalue weighted by atomic mass is 35.5. The van der Waals surface area contributed by atoms with Crippen LogP contribution in [0.25, 0.3) is 0 Å². The monoisotopic (exact) mass is 322 g/mol. The third kappa shape index (κ3) is 3.78. The molecule has 0 saturated heterocycles. The zero-order chi connectivity index (χ0) is 15.6. The second-order valence-electron chi connectivity index (χ2n) is 5.05. The Labute approximate surface area is 134 Å². The van der Waals surface area contributed by atoms with E-state index in [1.54, 1.807) is 18.2 Å². The lowest BCUT2D eigenvalue weighted by Gasteiger charge is -2.12. The molecule has 0 aliphatic heterocycles. The average molecular weight is 323 g/mol. The molecule has 0 bridgehead atoms. The van der Waals surface area contributed by atoms with Gasteiger partial charge in [0, 0.05) is 5.56 Å². The fourth-order valence-corrected chi connectivity index (χ4v) is 2.35. The molecule has 2 aromatic rings. The molecular formula is C17H16Cl2O2. The van der Waals surface area contributed by atoms with Gasteiger partial charge < -0.3 is 4.74 Å². The molecule has 21 heavy (non-hydrogen) atoms. The Bertz CT molecular complexity index is 693. The lowest BCUT2D eigenvalue weighted by Crippen LogP contribution is -2.12. The van der Waals surface area contributed by atoms with E-state index in [4.69, 9.17) is 27.9 Å². The van der Waals surface area contributed by atoms with Gasteiger partial charge in [0.25, 0.3) is 0 Å². The van der Waals surface area contributed by atoms with Crippen molar-refractivity contribution in [2.45, 2.75) is 20.8 Å². The van der Waals surface area contributed by atoms with Crippen molar-refractivity contribution in [1.29, 1.82) is 0 Å². The van der Waals surface area contributed by atoms with Crippen LogP contribution in [0.5, 0.6) is 5.75 Å². The van der Waals surface area contributed by atoms with Gasteiger partial charge in [0.05, 0.1) is 10.0 Å². The van der Waals surface area contributed by atoms with E-state index in [0.29, 0.717) is 15.6 Å². The number of halogens is 2. The van der Waals surface area contributed by atoms with Crippen LogP contribution in [0.4, 0.5) is 0 Å². The van der Waals surface area contributed by atoms with Crippen LogP contribution in [0.3, 0.4) is 0 Å². The summed E-state index contributed by atoms with van der Waals surface area (Å²) in [7, 11) is 0. The second-order valence-corrected chi connectivity index (χ2v) is 5.86. The van der Waals surface area contributed by atoms with Crippen molar-refractivity contribution < 1.29 is 9.53 Å². The predicted molar refractivity (Wildman–Crippen MR) is 86.9 cm³/mol. The lowest BCUT2D eigenvalue weighted by atomic mass is 10.1. The van der Waals surface area contributed by atoms with Gasteiger partial charge in [0.15, 0.2) is 12.4 Å². The Morgan fingerprint density at radius 3 is 2.43 bits per heavy atom. The molecule has 0 atom stereocenters.